The Morgan fingerprint density at radius 3 is 2.20 bits per heavy atom. The predicted molar refractivity (Wildman–Crippen MR) is 77.1 cm³/mol. The first kappa shape index (κ1) is 13.8. The number of nitrogens with one attached hydrogen (secondary N) is 2. The summed E-state index contributed by atoms with van der Waals surface area (Å²) < 4.78 is 12.9. The van der Waals surface area contributed by atoms with E-state index < -0.39 is 0 Å². The third-order valence-corrected chi connectivity index (χ3v) is 2.79. The highest BCUT2D eigenvalue weighted by Crippen LogP contribution is 2.11. The first-order valence-electron chi connectivity index (χ1n) is 6.24. The monoisotopic (exact) mass is 270 g/mol. The summed E-state index contributed by atoms with van der Waals surface area (Å²) in [6.07, 6.45) is 1.80. The smallest absolute Gasteiger partial charge is 0.269 e. The van der Waals surface area contributed by atoms with Gasteiger partial charge in [0.25, 0.3) is 5.91 Å². The van der Waals surface area contributed by atoms with Gasteiger partial charge in [-0.25, -0.2) is 4.39 Å². The third-order valence-electron chi connectivity index (χ3n) is 2.79. The van der Waals surface area contributed by atoms with Crippen LogP contribution < -0.4 is 10.9 Å². The number of halogens is 1. The van der Waals surface area contributed by atoms with Crippen LogP contribution >= 0.6 is 0 Å². The molecule has 0 aliphatic heterocycles. The highest BCUT2D eigenvalue weighted by molar-refractivity contribution is 5.94. The zero-order chi connectivity index (χ0) is 14.4. The number of hydrogen-bond acceptors (Lipinski definition) is 2. The maximum Gasteiger partial charge on any atom is 0.269 e. The van der Waals surface area contributed by atoms with Crippen molar-refractivity contribution >= 4 is 11.6 Å². The molecule has 0 unspecified atom stereocenters. The molecule has 0 spiro atoms. The standard InChI is InChI=1S/C16H15FN2O/c1-2-15(12-8-10-14(17)11-9-12)18-19-16(20)13-6-4-3-5-7-13/h2-11,18H,1H3,(H,19,20)/b15-2-. The van der Waals surface area contributed by atoms with Gasteiger partial charge in [0.05, 0.1) is 5.70 Å². The minimum Gasteiger partial charge on any atom is -0.298 e. The van der Waals surface area contributed by atoms with Crippen molar-refractivity contribution in [1.82, 2.24) is 10.9 Å². The summed E-state index contributed by atoms with van der Waals surface area (Å²) in [6, 6.07) is 14.9. The molecule has 0 bridgehead atoms. The maximum atomic E-state index is 12.9. The highest BCUT2D eigenvalue weighted by Gasteiger charge is 2.05. The molecule has 3 nitrogen and oxygen atoms in total. The van der Waals surface area contributed by atoms with Gasteiger partial charge < -0.3 is 0 Å². The topological polar surface area (TPSA) is 41.1 Å². The zero-order valence-corrected chi connectivity index (χ0v) is 11.1. The molecule has 0 saturated carbocycles. The van der Waals surface area contributed by atoms with Crippen LogP contribution in [0.3, 0.4) is 0 Å². The van der Waals surface area contributed by atoms with Crippen LogP contribution in [0.25, 0.3) is 5.70 Å². The van der Waals surface area contributed by atoms with Crippen LogP contribution in [-0.4, -0.2) is 5.91 Å². The SMILES string of the molecule is C/C=C(\NNC(=O)c1ccccc1)c1ccc(F)cc1. The lowest BCUT2D eigenvalue weighted by Crippen LogP contribution is -2.36. The molecule has 0 aliphatic rings. The average Bonchev–Trinajstić information content (AvgIpc) is 2.50. The number of rotatable bonds is 4. The Balaban J connectivity index is 2.02. The van der Waals surface area contributed by atoms with Crippen molar-refractivity contribution in [2.45, 2.75) is 6.92 Å². The van der Waals surface area contributed by atoms with Gasteiger partial charge in [0, 0.05) is 5.56 Å². The molecule has 2 aromatic rings. The number of hydrogen-bond donors (Lipinski definition) is 2. The van der Waals surface area contributed by atoms with Crippen LogP contribution in [0.5, 0.6) is 0 Å². The Hall–Kier alpha value is -2.62. The van der Waals surface area contributed by atoms with E-state index in [1.165, 1.54) is 12.1 Å². The Morgan fingerprint density at radius 2 is 1.60 bits per heavy atom. The number of benzene rings is 2. The summed E-state index contributed by atoms with van der Waals surface area (Å²) in [5.41, 5.74) is 7.52. The Morgan fingerprint density at radius 1 is 0.950 bits per heavy atom. The van der Waals surface area contributed by atoms with Gasteiger partial charge in [-0.05, 0) is 48.9 Å². The average molecular weight is 270 g/mol. The van der Waals surface area contributed by atoms with Crippen molar-refractivity contribution in [2.75, 3.05) is 0 Å². The van der Waals surface area contributed by atoms with Gasteiger partial charge in [-0.1, -0.05) is 24.3 Å². The van der Waals surface area contributed by atoms with E-state index in [0.717, 1.165) is 5.56 Å². The van der Waals surface area contributed by atoms with Crippen molar-refractivity contribution in [3.63, 3.8) is 0 Å². The van der Waals surface area contributed by atoms with E-state index in [2.05, 4.69) is 10.9 Å². The molecular weight excluding hydrogens is 255 g/mol. The molecule has 1 amide bonds. The van der Waals surface area contributed by atoms with E-state index in [1.54, 1.807) is 42.5 Å². The molecule has 0 saturated heterocycles. The lowest BCUT2D eigenvalue weighted by atomic mass is 10.1. The van der Waals surface area contributed by atoms with Gasteiger partial charge in [-0.2, -0.15) is 0 Å². The van der Waals surface area contributed by atoms with E-state index in [-0.39, 0.29) is 11.7 Å². The maximum absolute atomic E-state index is 12.9. The molecule has 4 heteroatoms. The zero-order valence-electron chi connectivity index (χ0n) is 11.1. The number of allylic oxidation sites excluding steroid dienone is 1. The fourth-order valence-electron chi connectivity index (χ4n) is 1.73. The molecule has 2 N–H and O–H groups in total. The van der Waals surface area contributed by atoms with Crippen LogP contribution in [0.1, 0.15) is 22.8 Å². The molecule has 20 heavy (non-hydrogen) atoms. The molecule has 102 valence electrons. The molecule has 2 aromatic carbocycles. The van der Waals surface area contributed by atoms with Gasteiger partial charge in [-0.15, -0.1) is 0 Å². The second-order valence-electron chi connectivity index (χ2n) is 4.15. The minimum absolute atomic E-state index is 0.230. The lowest BCUT2D eigenvalue weighted by molar-refractivity contribution is 0.0942. The van der Waals surface area contributed by atoms with E-state index in [9.17, 15) is 9.18 Å². The van der Waals surface area contributed by atoms with E-state index in [0.29, 0.717) is 11.3 Å². The van der Waals surface area contributed by atoms with Crippen LogP contribution in [0.4, 0.5) is 4.39 Å². The van der Waals surface area contributed by atoms with Gasteiger partial charge in [0.2, 0.25) is 0 Å². The quantitative estimate of drug-likeness (QED) is 0.838. The molecule has 0 aromatic heterocycles. The van der Waals surface area contributed by atoms with E-state index >= 15 is 0 Å². The van der Waals surface area contributed by atoms with Crippen molar-refractivity contribution < 1.29 is 9.18 Å². The van der Waals surface area contributed by atoms with Gasteiger partial charge in [0.15, 0.2) is 0 Å². The molecule has 0 heterocycles. The van der Waals surface area contributed by atoms with Crippen molar-refractivity contribution in [1.29, 1.82) is 0 Å². The van der Waals surface area contributed by atoms with Crippen LogP contribution in [-0.2, 0) is 0 Å². The summed E-state index contributed by atoms with van der Waals surface area (Å²) in [6.45, 7) is 1.83. The Labute approximate surface area is 117 Å². The van der Waals surface area contributed by atoms with Gasteiger partial charge in [0.1, 0.15) is 5.82 Å². The van der Waals surface area contributed by atoms with Crippen LogP contribution in [0.15, 0.2) is 60.7 Å². The third kappa shape index (κ3) is 3.45. The van der Waals surface area contributed by atoms with Gasteiger partial charge >= 0.3 is 0 Å². The first-order valence-corrected chi connectivity index (χ1v) is 6.24. The fraction of sp³-hybridized carbons (Fsp3) is 0.0625. The summed E-state index contributed by atoms with van der Waals surface area (Å²) in [5.74, 6) is -0.524. The van der Waals surface area contributed by atoms with Crippen LogP contribution in [0.2, 0.25) is 0 Å². The molecular formula is C16H15FN2O. The Bertz CT molecular complexity index is 606. The summed E-state index contributed by atoms with van der Waals surface area (Å²) in [5, 5.41) is 0. The van der Waals surface area contributed by atoms with Crippen LogP contribution in [0, 0.1) is 5.82 Å². The predicted octanol–water partition coefficient (Wildman–Crippen LogP) is 3.12. The molecule has 0 fully saturated rings. The lowest BCUT2D eigenvalue weighted by Gasteiger charge is -2.12. The largest absolute Gasteiger partial charge is 0.298 e. The number of carbonyl (C=O) groups is 1. The van der Waals surface area contributed by atoms with E-state index in [1.807, 2.05) is 13.0 Å². The molecule has 0 atom stereocenters. The molecule has 0 radical (unpaired) electrons. The number of hydrazine groups is 1. The number of amides is 1. The minimum atomic E-state index is -0.294. The van der Waals surface area contributed by atoms with E-state index in [4.69, 9.17) is 0 Å². The summed E-state index contributed by atoms with van der Waals surface area (Å²) in [4.78, 5) is 11.9. The summed E-state index contributed by atoms with van der Waals surface area (Å²) >= 11 is 0. The normalized spacial score (nSPS) is 11.0. The second kappa shape index (κ2) is 6.52. The second-order valence-corrected chi connectivity index (χ2v) is 4.15. The first-order chi connectivity index (χ1) is 9.70. The molecule has 2 rings (SSSR count). The fourth-order valence-corrected chi connectivity index (χ4v) is 1.73. The Kier molecular flexibility index (Phi) is 4.50. The van der Waals surface area contributed by atoms with Crippen molar-refractivity contribution in [3.8, 4) is 0 Å². The molecule has 0 aliphatic carbocycles. The number of carbonyl (C=O) groups excluding carboxylic acids is 1. The van der Waals surface area contributed by atoms with Crippen molar-refractivity contribution in [2.24, 2.45) is 0 Å². The van der Waals surface area contributed by atoms with Gasteiger partial charge in [-0.3, -0.25) is 15.6 Å². The highest BCUT2D eigenvalue weighted by atomic mass is 19.1. The summed E-state index contributed by atoms with van der Waals surface area (Å²) in [7, 11) is 0. The van der Waals surface area contributed by atoms with Crippen molar-refractivity contribution in [3.05, 3.63) is 77.6 Å².